The van der Waals surface area contributed by atoms with E-state index in [4.69, 9.17) is 4.74 Å². The molecule has 0 aliphatic heterocycles. The molecule has 0 bridgehead atoms. The molecule has 34 heavy (non-hydrogen) atoms. The number of aliphatic hydroxyl groups excluding tert-OH is 1. The number of carbonyl (C=O) groups is 1. The number of carbonyl (C=O) groups excluding carboxylic acids is 1. The molecule has 0 fully saturated rings. The molecule has 0 aliphatic rings. The first kappa shape index (κ1) is 21.7. The van der Waals surface area contributed by atoms with Gasteiger partial charge in [0, 0.05) is 33.1 Å². The number of aliphatic hydroxyl groups is 1. The van der Waals surface area contributed by atoms with Crippen LogP contribution in [0.15, 0.2) is 103 Å². The lowest BCUT2D eigenvalue weighted by molar-refractivity contribution is 0.0955. The lowest BCUT2D eigenvalue weighted by Crippen LogP contribution is -2.39. The van der Waals surface area contributed by atoms with Crippen molar-refractivity contribution in [3.05, 3.63) is 109 Å². The van der Waals surface area contributed by atoms with Crippen molar-refractivity contribution in [3.63, 3.8) is 0 Å². The number of rotatable bonds is 7. The first-order valence-electron chi connectivity index (χ1n) is 11.3. The topological polar surface area (TPSA) is 54.7 Å². The summed E-state index contributed by atoms with van der Waals surface area (Å²) < 4.78 is 7.36. The van der Waals surface area contributed by atoms with Crippen LogP contribution in [0, 0.1) is 0 Å². The Balaban J connectivity index is 1.46. The van der Waals surface area contributed by atoms with Gasteiger partial charge in [-0.1, -0.05) is 54.6 Å². The molecule has 5 rings (SSSR count). The molecule has 170 valence electrons. The fourth-order valence-corrected chi connectivity index (χ4v) is 4.48. The van der Waals surface area contributed by atoms with Crippen LogP contribution in [0.25, 0.3) is 21.8 Å². The van der Waals surface area contributed by atoms with E-state index in [1.165, 1.54) is 0 Å². The van der Waals surface area contributed by atoms with E-state index in [0.717, 1.165) is 27.5 Å². The van der Waals surface area contributed by atoms with Crippen molar-refractivity contribution in [3.8, 4) is 5.75 Å². The molecule has 1 atom stereocenters. The zero-order valence-corrected chi connectivity index (χ0v) is 19.0. The van der Waals surface area contributed by atoms with E-state index in [9.17, 15) is 9.90 Å². The fraction of sp³-hybridized carbons (Fsp3) is 0.138. The Bertz CT molecular complexity index is 1370. The SMILES string of the molecule is COc1ccc(C(=O)N(CC(O)Cn2c3ccccc3c3ccccc32)c2ccccc2)cc1. The summed E-state index contributed by atoms with van der Waals surface area (Å²) in [5.74, 6) is 0.518. The summed E-state index contributed by atoms with van der Waals surface area (Å²) >= 11 is 0. The van der Waals surface area contributed by atoms with Gasteiger partial charge in [-0.3, -0.25) is 4.79 Å². The van der Waals surface area contributed by atoms with E-state index in [1.807, 2.05) is 54.6 Å². The van der Waals surface area contributed by atoms with Crippen LogP contribution in [0.2, 0.25) is 0 Å². The van der Waals surface area contributed by atoms with Crippen LogP contribution in [0.5, 0.6) is 5.75 Å². The lowest BCUT2D eigenvalue weighted by Gasteiger charge is -2.26. The molecule has 0 radical (unpaired) electrons. The summed E-state index contributed by atoms with van der Waals surface area (Å²) in [6.07, 6.45) is -0.776. The normalized spacial score (nSPS) is 12.1. The second-order valence-electron chi connectivity index (χ2n) is 8.28. The summed E-state index contributed by atoms with van der Waals surface area (Å²) in [5, 5.41) is 13.5. The maximum Gasteiger partial charge on any atom is 0.258 e. The Kier molecular flexibility index (Phi) is 6.02. The number of aromatic nitrogens is 1. The summed E-state index contributed by atoms with van der Waals surface area (Å²) in [6, 6.07) is 32.9. The Morgan fingerprint density at radius 3 is 1.97 bits per heavy atom. The molecule has 0 aliphatic carbocycles. The summed E-state index contributed by atoms with van der Waals surface area (Å²) in [4.78, 5) is 15.1. The minimum absolute atomic E-state index is 0.162. The molecule has 1 amide bonds. The smallest absolute Gasteiger partial charge is 0.258 e. The summed E-state index contributed by atoms with van der Waals surface area (Å²) in [6.45, 7) is 0.531. The molecular formula is C29H26N2O3. The number of para-hydroxylation sites is 3. The van der Waals surface area contributed by atoms with Gasteiger partial charge in [0.25, 0.3) is 5.91 Å². The number of amides is 1. The van der Waals surface area contributed by atoms with Crippen LogP contribution in [-0.4, -0.2) is 35.3 Å². The molecule has 1 unspecified atom stereocenters. The highest BCUT2D eigenvalue weighted by Gasteiger charge is 2.22. The second kappa shape index (κ2) is 9.41. The number of anilines is 1. The highest BCUT2D eigenvalue weighted by Crippen LogP contribution is 2.29. The number of hydrogen-bond acceptors (Lipinski definition) is 3. The molecule has 5 aromatic rings. The highest BCUT2D eigenvalue weighted by molar-refractivity contribution is 6.08. The van der Waals surface area contributed by atoms with Crippen LogP contribution in [0.3, 0.4) is 0 Å². The zero-order chi connectivity index (χ0) is 23.5. The van der Waals surface area contributed by atoms with Crippen molar-refractivity contribution in [2.45, 2.75) is 12.6 Å². The van der Waals surface area contributed by atoms with E-state index >= 15 is 0 Å². The van der Waals surface area contributed by atoms with Gasteiger partial charge in [-0.25, -0.2) is 0 Å². The van der Waals surface area contributed by atoms with Gasteiger partial charge in [0.1, 0.15) is 5.75 Å². The molecule has 1 aromatic heterocycles. The largest absolute Gasteiger partial charge is 0.497 e. The standard InChI is InChI=1S/C29H26N2O3/c1-34-24-17-15-21(16-18-24)29(33)30(22-9-3-2-4-10-22)19-23(32)20-31-27-13-7-5-11-25(27)26-12-6-8-14-28(26)31/h2-18,23,32H,19-20H2,1H3. The molecular weight excluding hydrogens is 424 g/mol. The third-order valence-corrected chi connectivity index (χ3v) is 6.12. The molecule has 1 N–H and O–H groups in total. The molecule has 0 saturated heterocycles. The van der Waals surface area contributed by atoms with Gasteiger partial charge in [-0.2, -0.15) is 0 Å². The van der Waals surface area contributed by atoms with Crippen molar-refractivity contribution >= 4 is 33.4 Å². The quantitative estimate of drug-likeness (QED) is 0.356. The number of methoxy groups -OCH3 is 1. The van der Waals surface area contributed by atoms with Gasteiger partial charge < -0.3 is 19.3 Å². The van der Waals surface area contributed by atoms with Gasteiger partial charge in [-0.15, -0.1) is 0 Å². The maximum atomic E-state index is 13.5. The molecule has 0 saturated carbocycles. The molecule has 0 spiro atoms. The minimum Gasteiger partial charge on any atom is -0.497 e. The minimum atomic E-state index is -0.776. The Hall–Kier alpha value is -4.09. The molecule has 1 heterocycles. The van der Waals surface area contributed by atoms with E-state index < -0.39 is 6.10 Å². The summed E-state index contributed by atoms with van der Waals surface area (Å²) in [5.41, 5.74) is 3.41. The van der Waals surface area contributed by atoms with Gasteiger partial charge in [0.05, 0.1) is 26.3 Å². The van der Waals surface area contributed by atoms with Crippen LogP contribution < -0.4 is 9.64 Å². The van der Waals surface area contributed by atoms with E-state index in [-0.39, 0.29) is 12.5 Å². The van der Waals surface area contributed by atoms with E-state index in [0.29, 0.717) is 17.9 Å². The summed E-state index contributed by atoms with van der Waals surface area (Å²) in [7, 11) is 1.60. The van der Waals surface area contributed by atoms with Crippen molar-refractivity contribution < 1.29 is 14.6 Å². The van der Waals surface area contributed by atoms with Crippen LogP contribution in [-0.2, 0) is 6.54 Å². The van der Waals surface area contributed by atoms with Crippen LogP contribution in [0.4, 0.5) is 5.69 Å². The second-order valence-corrected chi connectivity index (χ2v) is 8.28. The fourth-order valence-electron chi connectivity index (χ4n) is 4.48. The van der Waals surface area contributed by atoms with Crippen molar-refractivity contribution in [1.82, 2.24) is 4.57 Å². The molecule has 5 nitrogen and oxygen atoms in total. The van der Waals surface area contributed by atoms with Gasteiger partial charge in [-0.05, 0) is 48.5 Å². The lowest BCUT2D eigenvalue weighted by atomic mass is 10.1. The van der Waals surface area contributed by atoms with Crippen LogP contribution >= 0.6 is 0 Å². The van der Waals surface area contributed by atoms with Crippen molar-refractivity contribution in [2.24, 2.45) is 0 Å². The Labute approximate surface area is 198 Å². The van der Waals surface area contributed by atoms with Crippen molar-refractivity contribution in [2.75, 3.05) is 18.6 Å². The number of benzene rings is 4. The first-order valence-corrected chi connectivity index (χ1v) is 11.3. The van der Waals surface area contributed by atoms with Crippen molar-refractivity contribution in [1.29, 1.82) is 0 Å². The van der Waals surface area contributed by atoms with Crippen LogP contribution in [0.1, 0.15) is 10.4 Å². The predicted octanol–water partition coefficient (Wildman–Crippen LogP) is 5.51. The number of fused-ring (bicyclic) bond motifs is 3. The Morgan fingerprint density at radius 1 is 0.824 bits per heavy atom. The monoisotopic (exact) mass is 450 g/mol. The van der Waals surface area contributed by atoms with Gasteiger partial charge in [0.2, 0.25) is 0 Å². The maximum absolute atomic E-state index is 13.5. The third kappa shape index (κ3) is 4.14. The number of ether oxygens (including phenoxy) is 1. The predicted molar refractivity (Wildman–Crippen MR) is 137 cm³/mol. The average Bonchev–Trinajstić information content (AvgIpc) is 3.21. The Morgan fingerprint density at radius 2 is 1.38 bits per heavy atom. The third-order valence-electron chi connectivity index (χ3n) is 6.12. The first-order chi connectivity index (χ1) is 16.7. The van der Waals surface area contributed by atoms with Gasteiger partial charge >= 0.3 is 0 Å². The van der Waals surface area contributed by atoms with E-state index in [1.54, 1.807) is 36.3 Å². The average molecular weight is 451 g/mol. The molecule has 4 aromatic carbocycles. The van der Waals surface area contributed by atoms with E-state index in [2.05, 4.69) is 28.8 Å². The number of nitrogens with zero attached hydrogens (tertiary/aromatic N) is 2. The molecule has 5 heteroatoms. The number of hydrogen-bond donors (Lipinski definition) is 1. The zero-order valence-electron chi connectivity index (χ0n) is 19.0. The highest BCUT2D eigenvalue weighted by atomic mass is 16.5. The van der Waals surface area contributed by atoms with Gasteiger partial charge in [0.15, 0.2) is 0 Å².